The highest BCUT2D eigenvalue weighted by molar-refractivity contribution is 5.61. The molecule has 1 heterocycles. The van der Waals surface area contributed by atoms with E-state index in [-0.39, 0.29) is 5.75 Å². The fourth-order valence-corrected chi connectivity index (χ4v) is 1.84. The van der Waals surface area contributed by atoms with E-state index in [2.05, 4.69) is 4.98 Å². The molecular weight excluding hydrogens is 233 g/mol. The summed E-state index contributed by atoms with van der Waals surface area (Å²) >= 11 is 0. The molecule has 0 aliphatic heterocycles. The minimum atomic E-state index is -0.450. The summed E-state index contributed by atoms with van der Waals surface area (Å²) in [5.74, 6) is 0.337. The van der Waals surface area contributed by atoms with Crippen LogP contribution in [-0.4, -0.2) is 33.7 Å². The molecule has 96 valence electrons. The zero-order chi connectivity index (χ0) is 13.3. The minimum Gasteiger partial charge on any atom is -0.508 e. The number of hydrogen-bond donors (Lipinski definition) is 1. The third-order valence-corrected chi connectivity index (χ3v) is 2.77. The van der Waals surface area contributed by atoms with Crippen molar-refractivity contribution in [3.63, 3.8) is 0 Å². The summed E-state index contributed by atoms with van der Waals surface area (Å²) < 4.78 is 15.6. The quantitative estimate of drug-likeness (QED) is 0.904. The van der Waals surface area contributed by atoms with Crippen LogP contribution in [0.3, 0.4) is 0 Å². The van der Waals surface area contributed by atoms with Crippen LogP contribution in [0.4, 0.5) is 4.39 Å². The van der Waals surface area contributed by atoms with Crippen molar-refractivity contribution in [3.8, 4) is 17.0 Å². The molecule has 0 spiro atoms. The van der Waals surface area contributed by atoms with Crippen LogP contribution in [0.1, 0.15) is 5.82 Å². The lowest BCUT2D eigenvalue weighted by molar-refractivity contribution is 0.385. The molecule has 2 rings (SSSR count). The smallest absolute Gasteiger partial charge is 0.136 e. The highest BCUT2D eigenvalue weighted by Gasteiger charge is 2.13. The van der Waals surface area contributed by atoms with E-state index in [0.29, 0.717) is 17.8 Å². The molecule has 0 radical (unpaired) electrons. The molecule has 1 aromatic heterocycles. The van der Waals surface area contributed by atoms with Crippen LogP contribution < -0.4 is 0 Å². The number of hydrogen-bond acceptors (Lipinski definition) is 3. The Morgan fingerprint density at radius 2 is 2.11 bits per heavy atom. The first-order chi connectivity index (χ1) is 8.49. The third-order valence-electron chi connectivity index (χ3n) is 2.77. The maximum atomic E-state index is 13.8. The lowest BCUT2D eigenvalue weighted by Gasteiger charge is -2.11. The Balaban J connectivity index is 2.42. The fourth-order valence-electron chi connectivity index (χ4n) is 1.84. The van der Waals surface area contributed by atoms with Gasteiger partial charge in [0.2, 0.25) is 0 Å². The van der Waals surface area contributed by atoms with E-state index in [9.17, 15) is 9.50 Å². The summed E-state index contributed by atoms with van der Waals surface area (Å²) in [6, 6.07) is 4.13. The molecule has 2 aromatic rings. The Morgan fingerprint density at radius 1 is 1.39 bits per heavy atom. The van der Waals surface area contributed by atoms with Gasteiger partial charge in [0.25, 0.3) is 0 Å². The number of rotatable bonds is 3. The van der Waals surface area contributed by atoms with Gasteiger partial charge in [0.05, 0.1) is 18.4 Å². The van der Waals surface area contributed by atoms with Crippen molar-refractivity contribution in [2.75, 3.05) is 14.1 Å². The maximum absolute atomic E-state index is 13.8. The number of aromatic nitrogens is 2. The van der Waals surface area contributed by atoms with Crippen LogP contribution in [0.2, 0.25) is 0 Å². The normalized spacial score (nSPS) is 11.2. The topological polar surface area (TPSA) is 41.3 Å². The van der Waals surface area contributed by atoms with Gasteiger partial charge in [-0.05, 0) is 26.2 Å². The molecule has 4 nitrogen and oxygen atoms in total. The average Bonchev–Trinajstić information content (AvgIpc) is 2.60. The average molecular weight is 249 g/mol. The van der Waals surface area contributed by atoms with Crippen LogP contribution in [-0.2, 0) is 13.6 Å². The van der Waals surface area contributed by atoms with Gasteiger partial charge in [-0.1, -0.05) is 0 Å². The molecule has 0 unspecified atom stereocenters. The van der Waals surface area contributed by atoms with Gasteiger partial charge in [-0.15, -0.1) is 0 Å². The number of phenolic OH excluding ortho intramolecular Hbond substituents is 1. The molecule has 0 amide bonds. The van der Waals surface area contributed by atoms with Crippen LogP contribution in [0.5, 0.6) is 5.75 Å². The lowest BCUT2D eigenvalue weighted by Crippen LogP contribution is -2.14. The Morgan fingerprint density at radius 3 is 2.72 bits per heavy atom. The van der Waals surface area contributed by atoms with Crippen LogP contribution in [0.25, 0.3) is 11.3 Å². The summed E-state index contributed by atoms with van der Waals surface area (Å²) in [6.07, 6.45) is 1.65. The number of benzene rings is 1. The molecule has 0 saturated heterocycles. The van der Waals surface area contributed by atoms with Crippen molar-refractivity contribution in [1.29, 1.82) is 0 Å². The van der Waals surface area contributed by atoms with E-state index in [4.69, 9.17) is 0 Å². The zero-order valence-electron chi connectivity index (χ0n) is 10.7. The van der Waals surface area contributed by atoms with E-state index in [1.807, 2.05) is 30.6 Å². The summed E-state index contributed by atoms with van der Waals surface area (Å²) in [5, 5.41) is 9.21. The molecule has 0 saturated carbocycles. The lowest BCUT2D eigenvalue weighted by atomic mass is 10.1. The van der Waals surface area contributed by atoms with Gasteiger partial charge < -0.3 is 14.6 Å². The van der Waals surface area contributed by atoms with Crippen LogP contribution in [0, 0.1) is 5.82 Å². The summed E-state index contributed by atoms with van der Waals surface area (Å²) in [6.45, 7) is 0.691. The fraction of sp³-hybridized carbons (Fsp3) is 0.308. The maximum Gasteiger partial charge on any atom is 0.136 e. The van der Waals surface area contributed by atoms with Crippen molar-refractivity contribution < 1.29 is 9.50 Å². The summed E-state index contributed by atoms with van der Waals surface area (Å²) in [4.78, 5) is 6.29. The second kappa shape index (κ2) is 4.78. The summed E-state index contributed by atoms with van der Waals surface area (Å²) in [5.41, 5.74) is 1.14. The van der Waals surface area contributed by atoms with Crippen LogP contribution >= 0.6 is 0 Å². The molecule has 18 heavy (non-hydrogen) atoms. The molecular formula is C13H16FN3O. The second-order valence-corrected chi connectivity index (χ2v) is 4.52. The monoisotopic (exact) mass is 249 g/mol. The van der Waals surface area contributed by atoms with Crippen molar-refractivity contribution >= 4 is 0 Å². The van der Waals surface area contributed by atoms with Gasteiger partial charge >= 0.3 is 0 Å². The molecule has 0 atom stereocenters. The number of imidazole rings is 1. The molecule has 0 aliphatic rings. The highest BCUT2D eigenvalue weighted by Crippen LogP contribution is 2.26. The summed E-state index contributed by atoms with van der Waals surface area (Å²) in [7, 11) is 5.76. The molecule has 0 aliphatic carbocycles. The SMILES string of the molecule is CN(C)Cc1ncc(-c2ccc(O)cc2F)n1C. The minimum absolute atomic E-state index is 0.0769. The molecule has 1 N–H and O–H groups in total. The van der Waals surface area contributed by atoms with Crippen molar-refractivity contribution in [2.24, 2.45) is 7.05 Å². The van der Waals surface area contributed by atoms with Crippen molar-refractivity contribution in [1.82, 2.24) is 14.5 Å². The first-order valence-electron chi connectivity index (χ1n) is 5.63. The number of phenols is 1. The molecule has 1 aromatic carbocycles. The standard InChI is InChI=1S/C13H16FN3O/c1-16(2)8-13-15-7-12(17(13)3)10-5-4-9(18)6-11(10)14/h4-7,18H,8H2,1-3H3. The van der Waals surface area contributed by atoms with Gasteiger partial charge in [0.15, 0.2) is 0 Å². The van der Waals surface area contributed by atoms with Gasteiger partial charge in [0.1, 0.15) is 17.4 Å². The molecule has 0 fully saturated rings. The van der Waals surface area contributed by atoms with Crippen molar-refractivity contribution in [3.05, 3.63) is 36.0 Å². The molecule has 5 heteroatoms. The largest absolute Gasteiger partial charge is 0.508 e. The third kappa shape index (κ3) is 2.36. The Hall–Kier alpha value is -1.88. The number of nitrogens with zero attached hydrogens (tertiary/aromatic N) is 3. The Kier molecular flexibility index (Phi) is 3.34. The van der Waals surface area contributed by atoms with Gasteiger partial charge in [-0.2, -0.15) is 0 Å². The Bertz CT molecular complexity index is 563. The van der Waals surface area contributed by atoms with Crippen LogP contribution in [0.15, 0.2) is 24.4 Å². The predicted molar refractivity (Wildman–Crippen MR) is 67.7 cm³/mol. The predicted octanol–water partition coefficient (Wildman–Crippen LogP) is 1.99. The van der Waals surface area contributed by atoms with Crippen molar-refractivity contribution in [2.45, 2.75) is 6.54 Å². The zero-order valence-corrected chi connectivity index (χ0v) is 10.7. The highest BCUT2D eigenvalue weighted by atomic mass is 19.1. The number of halogens is 1. The van der Waals surface area contributed by atoms with E-state index in [1.165, 1.54) is 6.07 Å². The first kappa shape index (κ1) is 12.6. The van der Waals surface area contributed by atoms with Gasteiger partial charge in [-0.25, -0.2) is 9.37 Å². The molecule has 0 bridgehead atoms. The first-order valence-corrected chi connectivity index (χ1v) is 5.63. The van der Waals surface area contributed by atoms with Gasteiger partial charge in [-0.3, -0.25) is 0 Å². The van der Waals surface area contributed by atoms with E-state index >= 15 is 0 Å². The van der Waals surface area contributed by atoms with E-state index < -0.39 is 5.82 Å². The van der Waals surface area contributed by atoms with Gasteiger partial charge in [0, 0.05) is 18.7 Å². The number of aromatic hydroxyl groups is 1. The van der Waals surface area contributed by atoms with E-state index in [0.717, 1.165) is 11.9 Å². The second-order valence-electron chi connectivity index (χ2n) is 4.52. The Labute approximate surface area is 105 Å². The van der Waals surface area contributed by atoms with E-state index in [1.54, 1.807) is 12.3 Å².